The van der Waals surface area contributed by atoms with Crippen LogP contribution in [0, 0.1) is 25.2 Å². The molecule has 7 nitrogen and oxygen atoms in total. The van der Waals surface area contributed by atoms with Gasteiger partial charge in [-0.3, -0.25) is 18.9 Å². The van der Waals surface area contributed by atoms with Crippen molar-refractivity contribution in [3.05, 3.63) is 57.9 Å². The summed E-state index contributed by atoms with van der Waals surface area (Å²) in [6.07, 6.45) is 0. The number of nitrogens with zero attached hydrogens (tertiary/aromatic N) is 6. The zero-order valence-corrected chi connectivity index (χ0v) is 14.9. The zero-order valence-electron chi connectivity index (χ0n) is 14.9. The molecule has 0 amide bonds. The maximum absolute atomic E-state index is 12.7. The lowest BCUT2D eigenvalue weighted by atomic mass is 10.1. The van der Waals surface area contributed by atoms with Crippen LogP contribution in [0.15, 0.2) is 35.1 Å². The molecular formula is C19H20N6O. The Balaban J connectivity index is 1.58. The normalized spacial score (nSPS) is 15.1. The summed E-state index contributed by atoms with van der Waals surface area (Å²) in [6.45, 7) is 6.35. The summed E-state index contributed by atoms with van der Waals surface area (Å²) in [5.41, 5.74) is 2.72. The monoisotopic (exact) mass is 348 g/mol. The molecule has 3 aromatic rings. The van der Waals surface area contributed by atoms with Crippen LogP contribution in [0.2, 0.25) is 0 Å². The minimum Gasteiger partial charge on any atom is -0.292 e. The van der Waals surface area contributed by atoms with Gasteiger partial charge in [-0.1, -0.05) is 12.1 Å². The number of para-hydroxylation sites is 1. The van der Waals surface area contributed by atoms with Crippen LogP contribution >= 0.6 is 0 Å². The summed E-state index contributed by atoms with van der Waals surface area (Å²) >= 11 is 0. The highest BCUT2D eigenvalue weighted by molar-refractivity contribution is 5.77. The number of fused-ring (bicyclic) bond motifs is 1. The van der Waals surface area contributed by atoms with Crippen LogP contribution in [0.4, 0.5) is 0 Å². The second-order valence-electron chi connectivity index (χ2n) is 6.81. The molecule has 0 unspecified atom stereocenters. The van der Waals surface area contributed by atoms with Gasteiger partial charge in [0.2, 0.25) is 0 Å². The van der Waals surface area contributed by atoms with Crippen molar-refractivity contribution in [2.24, 2.45) is 0 Å². The van der Waals surface area contributed by atoms with Crippen molar-refractivity contribution < 1.29 is 0 Å². The van der Waals surface area contributed by atoms with E-state index in [9.17, 15) is 4.79 Å². The lowest BCUT2D eigenvalue weighted by Gasteiger charge is -2.39. The topological polar surface area (TPSA) is 79.7 Å². The van der Waals surface area contributed by atoms with Crippen LogP contribution in [-0.4, -0.2) is 37.3 Å². The van der Waals surface area contributed by atoms with Gasteiger partial charge in [0, 0.05) is 18.8 Å². The number of aromatic nitrogens is 4. The van der Waals surface area contributed by atoms with E-state index in [0.717, 1.165) is 24.5 Å². The molecule has 0 aliphatic carbocycles. The molecule has 0 saturated carbocycles. The molecule has 1 saturated heterocycles. The first-order valence-electron chi connectivity index (χ1n) is 8.67. The van der Waals surface area contributed by atoms with Gasteiger partial charge in [-0.25, -0.2) is 4.98 Å². The minimum atomic E-state index is -0.150. The van der Waals surface area contributed by atoms with Crippen molar-refractivity contribution in [2.45, 2.75) is 33.0 Å². The molecular weight excluding hydrogens is 328 g/mol. The molecule has 1 aliphatic heterocycles. The fourth-order valence-electron chi connectivity index (χ4n) is 3.61. The first-order valence-corrected chi connectivity index (χ1v) is 8.67. The number of hydrogen-bond acceptors (Lipinski definition) is 5. The molecule has 4 rings (SSSR count). The summed E-state index contributed by atoms with van der Waals surface area (Å²) in [5.74, 6) is 0.641. The molecule has 0 bridgehead atoms. The number of likely N-dealkylation sites (tertiary alicyclic amines) is 1. The summed E-state index contributed by atoms with van der Waals surface area (Å²) in [4.78, 5) is 19.6. The van der Waals surface area contributed by atoms with Crippen molar-refractivity contribution in [3.63, 3.8) is 0 Å². The van der Waals surface area contributed by atoms with E-state index in [4.69, 9.17) is 5.26 Å². The molecule has 7 heteroatoms. The molecule has 1 aromatic carbocycles. The maximum Gasteiger partial charge on any atom is 0.262 e. The predicted octanol–water partition coefficient (Wildman–Crippen LogP) is 1.79. The van der Waals surface area contributed by atoms with E-state index < -0.39 is 0 Å². The third-order valence-corrected chi connectivity index (χ3v) is 4.86. The number of benzene rings is 1. The molecule has 2 aromatic heterocycles. The molecule has 0 N–H and O–H groups in total. The third-order valence-electron chi connectivity index (χ3n) is 4.86. The largest absolute Gasteiger partial charge is 0.292 e. The van der Waals surface area contributed by atoms with Gasteiger partial charge >= 0.3 is 0 Å². The average molecular weight is 348 g/mol. The Labute approximate surface area is 151 Å². The maximum atomic E-state index is 12.7. The second kappa shape index (κ2) is 6.39. The first-order chi connectivity index (χ1) is 12.6. The molecule has 3 heterocycles. The van der Waals surface area contributed by atoms with E-state index in [2.05, 4.69) is 38.7 Å². The minimum absolute atomic E-state index is 0.0146. The first kappa shape index (κ1) is 16.5. The van der Waals surface area contributed by atoms with Crippen LogP contribution < -0.4 is 5.56 Å². The van der Waals surface area contributed by atoms with Crippen LogP contribution in [0.3, 0.4) is 0 Å². The standard InChI is InChI=1S/C19H20N6O/c1-13-9-14(2)25(22-13)15-10-23(11-15)12-18-21-17-6-4-3-5-16(17)19(26)24(18)8-7-20/h3-6,9,15H,8,10-12H2,1-2H3. The highest BCUT2D eigenvalue weighted by Gasteiger charge is 2.30. The second-order valence-corrected chi connectivity index (χ2v) is 6.81. The predicted molar refractivity (Wildman–Crippen MR) is 97.6 cm³/mol. The Bertz CT molecular complexity index is 1070. The summed E-state index contributed by atoms with van der Waals surface area (Å²) in [5, 5.41) is 14.2. The molecule has 0 atom stereocenters. The quantitative estimate of drug-likeness (QED) is 0.718. The lowest BCUT2D eigenvalue weighted by Crippen LogP contribution is -2.48. The molecule has 0 radical (unpaired) electrons. The number of hydrogen-bond donors (Lipinski definition) is 0. The third kappa shape index (κ3) is 2.78. The van der Waals surface area contributed by atoms with E-state index in [-0.39, 0.29) is 12.1 Å². The summed E-state index contributed by atoms with van der Waals surface area (Å²) < 4.78 is 3.56. The molecule has 132 valence electrons. The van der Waals surface area contributed by atoms with Crippen LogP contribution in [0.5, 0.6) is 0 Å². The molecule has 0 spiro atoms. The molecule has 1 aliphatic rings. The van der Waals surface area contributed by atoms with Crippen molar-refractivity contribution in [2.75, 3.05) is 13.1 Å². The Morgan fingerprint density at radius 1 is 1.27 bits per heavy atom. The van der Waals surface area contributed by atoms with Gasteiger partial charge in [0.25, 0.3) is 5.56 Å². The van der Waals surface area contributed by atoms with Crippen molar-refractivity contribution in [1.29, 1.82) is 5.26 Å². The van der Waals surface area contributed by atoms with Gasteiger partial charge in [0.05, 0.1) is 35.3 Å². The fraction of sp³-hybridized carbons (Fsp3) is 0.368. The van der Waals surface area contributed by atoms with E-state index in [1.807, 2.05) is 25.1 Å². The van der Waals surface area contributed by atoms with Crippen LogP contribution in [0.1, 0.15) is 23.3 Å². The van der Waals surface area contributed by atoms with Gasteiger partial charge in [-0.15, -0.1) is 0 Å². The van der Waals surface area contributed by atoms with Gasteiger partial charge in [-0.2, -0.15) is 10.4 Å². The lowest BCUT2D eigenvalue weighted by molar-refractivity contribution is 0.0851. The van der Waals surface area contributed by atoms with Gasteiger partial charge in [0.1, 0.15) is 12.4 Å². The molecule has 26 heavy (non-hydrogen) atoms. The zero-order chi connectivity index (χ0) is 18.3. The van der Waals surface area contributed by atoms with E-state index in [1.165, 1.54) is 4.57 Å². The highest BCUT2D eigenvalue weighted by atomic mass is 16.1. The smallest absolute Gasteiger partial charge is 0.262 e. The van der Waals surface area contributed by atoms with Crippen LogP contribution in [0.25, 0.3) is 10.9 Å². The Morgan fingerprint density at radius 3 is 2.73 bits per heavy atom. The van der Waals surface area contributed by atoms with Crippen molar-refractivity contribution in [3.8, 4) is 6.07 Å². The highest BCUT2D eigenvalue weighted by Crippen LogP contribution is 2.24. The number of aryl methyl sites for hydroxylation is 2. The van der Waals surface area contributed by atoms with E-state index in [1.54, 1.807) is 6.07 Å². The van der Waals surface area contributed by atoms with Crippen molar-refractivity contribution in [1.82, 2.24) is 24.2 Å². The summed E-state index contributed by atoms with van der Waals surface area (Å²) in [6, 6.07) is 11.8. The summed E-state index contributed by atoms with van der Waals surface area (Å²) in [7, 11) is 0. The van der Waals surface area contributed by atoms with E-state index in [0.29, 0.717) is 29.3 Å². The van der Waals surface area contributed by atoms with Gasteiger partial charge in [0.15, 0.2) is 0 Å². The average Bonchev–Trinajstić information content (AvgIpc) is 2.92. The fourth-order valence-corrected chi connectivity index (χ4v) is 3.61. The Kier molecular flexibility index (Phi) is 4.05. The number of rotatable bonds is 4. The van der Waals surface area contributed by atoms with Crippen LogP contribution in [-0.2, 0) is 13.1 Å². The molecule has 1 fully saturated rings. The number of nitriles is 1. The Morgan fingerprint density at radius 2 is 2.04 bits per heavy atom. The van der Waals surface area contributed by atoms with E-state index >= 15 is 0 Å². The van der Waals surface area contributed by atoms with Gasteiger partial charge < -0.3 is 0 Å². The van der Waals surface area contributed by atoms with Crippen molar-refractivity contribution >= 4 is 10.9 Å². The Hall–Kier alpha value is -2.98. The SMILES string of the molecule is Cc1cc(C)n(C2CN(Cc3nc4ccccc4c(=O)n3CC#N)C2)n1. The van der Waals surface area contributed by atoms with Gasteiger partial charge in [-0.05, 0) is 32.0 Å².